The van der Waals surface area contributed by atoms with Gasteiger partial charge in [-0.3, -0.25) is 9.59 Å². The zero-order valence-corrected chi connectivity index (χ0v) is 16.2. The molecular formula is C22H29N3O3. The first-order valence-electron chi connectivity index (χ1n) is 10.7. The summed E-state index contributed by atoms with van der Waals surface area (Å²) in [6.07, 6.45) is 5.47. The van der Waals surface area contributed by atoms with E-state index in [1.165, 1.54) is 5.56 Å². The van der Waals surface area contributed by atoms with E-state index in [-0.39, 0.29) is 35.9 Å². The summed E-state index contributed by atoms with van der Waals surface area (Å²) in [5.74, 6) is 1.79. The van der Waals surface area contributed by atoms with Crippen LogP contribution in [0.25, 0.3) is 0 Å². The third-order valence-electron chi connectivity index (χ3n) is 7.02. The number of amides is 2. The van der Waals surface area contributed by atoms with Gasteiger partial charge in [-0.25, -0.2) is 0 Å². The number of nitrogens with one attached hydrogen (secondary N) is 2. The molecule has 4 aliphatic heterocycles. The smallest absolute Gasteiger partial charge is 0.243 e. The molecule has 0 spiro atoms. The van der Waals surface area contributed by atoms with Crippen LogP contribution in [0.5, 0.6) is 5.75 Å². The Balaban J connectivity index is 1.27. The standard InChI is InChI=1S/C22H29N3O3/c26-20-7-3-5-18-15-10-16(12-23-11-15)21(25(18)20)22(27)24-13-17-9-8-14-4-1-2-6-19(14)28-17/h1-2,4,6,15-18,21,23H,3,5,7-13H2,(H,24,27)/t15-,16+,17-,18+,21-/m1/s1. The molecule has 6 heteroatoms. The number of rotatable bonds is 3. The fourth-order valence-electron chi connectivity index (χ4n) is 5.69. The molecule has 3 fully saturated rings. The Morgan fingerprint density at radius 1 is 1.18 bits per heavy atom. The number of aryl methyl sites for hydroxylation is 1. The summed E-state index contributed by atoms with van der Waals surface area (Å²) >= 11 is 0. The van der Waals surface area contributed by atoms with Gasteiger partial charge in [0.05, 0.1) is 6.54 Å². The normalized spacial score (nSPS) is 34.1. The summed E-state index contributed by atoms with van der Waals surface area (Å²) in [7, 11) is 0. The van der Waals surface area contributed by atoms with E-state index in [9.17, 15) is 9.59 Å². The Bertz CT molecular complexity index is 767. The summed E-state index contributed by atoms with van der Waals surface area (Å²) in [4.78, 5) is 27.9. The SMILES string of the molecule is O=C(NC[C@H]1CCc2ccccc2O1)[C@H]1[C@@H]2CNC[C@@H](C2)[C@@H]2CCCC(=O)N21. The van der Waals surface area contributed by atoms with Gasteiger partial charge in [-0.1, -0.05) is 18.2 Å². The lowest BCUT2D eigenvalue weighted by Crippen LogP contribution is -2.68. The van der Waals surface area contributed by atoms with Crippen LogP contribution in [0.4, 0.5) is 0 Å². The van der Waals surface area contributed by atoms with Crippen molar-refractivity contribution in [3.63, 3.8) is 0 Å². The molecule has 0 aromatic heterocycles. The highest BCUT2D eigenvalue weighted by Gasteiger charge is 2.50. The number of hydrogen-bond donors (Lipinski definition) is 2. The monoisotopic (exact) mass is 383 g/mol. The van der Waals surface area contributed by atoms with Gasteiger partial charge in [0.15, 0.2) is 0 Å². The highest BCUT2D eigenvalue weighted by atomic mass is 16.5. The van der Waals surface area contributed by atoms with Crippen LogP contribution >= 0.6 is 0 Å². The topological polar surface area (TPSA) is 70.7 Å². The third-order valence-corrected chi connectivity index (χ3v) is 7.02. The average molecular weight is 383 g/mol. The van der Waals surface area contributed by atoms with E-state index in [2.05, 4.69) is 16.7 Å². The quantitative estimate of drug-likeness (QED) is 0.830. The van der Waals surface area contributed by atoms with Gasteiger partial charge in [0.25, 0.3) is 0 Å². The second kappa shape index (κ2) is 7.39. The van der Waals surface area contributed by atoms with Crippen LogP contribution in [0.1, 0.15) is 37.7 Å². The molecule has 4 aliphatic rings. The molecule has 2 N–H and O–H groups in total. The van der Waals surface area contributed by atoms with E-state index >= 15 is 0 Å². The van der Waals surface area contributed by atoms with Crippen LogP contribution in [0, 0.1) is 11.8 Å². The number of hydrogen-bond acceptors (Lipinski definition) is 4. The highest BCUT2D eigenvalue weighted by Crippen LogP contribution is 2.39. The van der Waals surface area contributed by atoms with Crippen LogP contribution in [0.15, 0.2) is 24.3 Å². The van der Waals surface area contributed by atoms with Gasteiger partial charge in [-0.2, -0.15) is 0 Å². The van der Waals surface area contributed by atoms with Gasteiger partial charge in [0, 0.05) is 24.9 Å². The molecule has 0 aliphatic carbocycles. The zero-order valence-electron chi connectivity index (χ0n) is 16.2. The number of fused-ring (bicyclic) bond motifs is 5. The molecule has 2 amide bonds. The second-order valence-electron chi connectivity index (χ2n) is 8.75. The molecule has 0 radical (unpaired) electrons. The van der Waals surface area contributed by atoms with E-state index in [1.807, 2.05) is 23.1 Å². The molecule has 2 bridgehead atoms. The Morgan fingerprint density at radius 2 is 2.04 bits per heavy atom. The number of carbonyl (C=O) groups excluding carboxylic acids is 2. The molecule has 0 saturated carbocycles. The summed E-state index contributed by atoms with van der Waals surface area (Å²) in [5, 5.41) is 6.62. The number of nitrogens with zero attached hydrogens (tertiary/aromatic N) is 1. The first-order chi connectivity index (χ1) is 13.7. The van der Waals surface area contributed by atoms with Crippen molar-refractivity contribution < 1.29 is 14.3 Å². The maximum Gasteiger partial charge on any atom is 0.243 e. The Morgan fingerprint density at radius 3 is 2.96 bits per heavy atom. The number of carbonyl (C=O) groups is 2. The van der Waals surface area contributed by atoms with E-state index in [0.29, 0.717) is 18.9 Å². The summed E-state index contributed by atoms with van der Waals surface area (Å²) < 4.78 is 6.07. The van der Waals surface area contributed by atoms with Crippen molar-refractivity contribution in [3.05, 3.63) is 29.8 Å². The van der Waals surface area contributed by atoms with E-state index in [4.69, 9.17) is 4.74 Å². The minimum absolute atomic E-state index is 0.00476. The van der Waals surface area contributed by atoms with E-state index < -0.39 is 0 Å². The summed E-state index contributed by atoms with van der Waals surface area (Å²) in [6, 6.07) is 7.99. The zero-order chi connectivity index (χ0) is 19.1. The van der Waals surface area contributed by atoms with Crippen LogP contribution < -0.4 is 15.4 Å². The van der Waals surface area contributed by atoms with Crippen LogP contribution in [-0.2, 0) is 16.0 Å². The second-order valence-corrected chi connectivity index (χ2v) is 8.75. The molecule has 4 heterocycles. The maximum absolute atomic E-state index is 13.2. The van der Waals surface area contributed by atoms with Gasteiger partial charge < -0.3 is 20.3 Å². The van der Waals surface area contributed by atoms with Crippen LogP contribution in [0.3, 0.4) is 0 Å². The average Bonchev–Trinajstić information content (AvgIpc) is 2.73. The minimum atomic E-state index is -0.335. The third kappa shape index (κ3) is 3.17. The first-order valence-corrected chi connectivity index (χ1v) is 10.7. The predicted molar refractivity (Wildman–Crippen MR) is 105 cm³/mol. The summed E-state index contributed by atoms with van der Waals surface area (Å²) in [6.45, 7) is 2.28. The molecule has 1 aromatic carbocycles. The Hall–Kier alpha value is -2.08. The Labute approximate surface area is 166 Å². The van der Waals surface area contributed by atoms with E-state index in [1.54, 1.807) is 0 Å². The fraction of sp³-hybridized carbons (Fsp3) is 0.636. The molecular weight excluding hydrogens is 354 g/mol. The number of ether oxygens (including phenoxy) is 1. The van der Waals surface area contributed by atoms with Gasteiger partial charge >= 0.3 is 0 Å². The fourth-order valence-corrected chi connectivity index (χ4v) is 5.69. The van der Waals surface area contributed by atoms with Gasteiger partial charge in [-0.05, 0) is 56.2 Å². The largest absolute Gasteiger partial charge is 0.488 e. The molecule has 1 aromatic rings. The number of para-hydroxylation sites is 1. The van der Waals surface area contributed by atoms with Crippen molar-refractivity contribution >= 4 is 11.8 Å². The maximum atomic E-state index is 13.2. The van der Waals surface area contributed by atoms with Crippen molar-refractivity contribution in [2.75, 3.05) is 19.6 Å². The van der Waals surface area contributed by atoms with Crippen LogP contribution in [-0.4, -0.2) is 54.5 Å². The van der Waals surface area contributed by atoms with E-state index in [0.717, 1.165) is 50.9 Å². The van der Waals surface area contributed by atoms with Gasteiger partial charge in [-0.15, -0.1) is 0 Å². The van der Waals surface area contributed by atoms with Crippen molar-refractivity contribution in [1.29, 1.82) is 0 Å². The predicted octanol–water partition coefficient (Wildman–Crippen LogP) is 1.49. The minimum Gasteiger partial charge on any atom is -0.488 e. The number of benzene rings is 1. The summed E-state index contributed by atoms with van der Waals surface area (Å²) in [5.41, 5.74) is 1.23. The van der Waals surface area contributed by atoms with Crippen molar-refractivity contribution in [3.8, 4) is 5.75 Å². The van der Waals surface area contributed by atoms with Gasteiger partial charge in [0.1, 0.15) is 17.9 Å². The Kier molecular flexibility index (Phi) is 4.75. The molecule has 28 heavy (non-hydrogen) atoms. The molecule has 5 atom stereocenters. The van der Waals surface area contributed by atoms with Crippen LogP contribution in [0.2, 0.25) is 0 Å². The lowest BCUT2D eigenvalue weighted by molar-refractivity contribution is -0.157. The molecule has 0 unspecified atom stereocenters. The van der Waals surface area contributed by atoms with Crippen molar-refractivity contribution in [1.82, 2.24) is 15.5 Å². The van der Waals surface area contributed by atoms with Gasteiger partial charge in [0.2, 0.25) is 11.8 Å². The molecule has 6 nitrogen and oxygen atoms in total. The highest BCUT2D eigenvalue weighted by molar-refractivity contribution is 5.89. The number of piperidine rings is 3. The molecule has 3 saturated heterocycles. The lowest BCUT2D eigenvalue weighted by atomic mass is 9.72. The first kappa shape index (κ1) is 18.0. The molecule has 150 valence electrons. The van der Waals surface area contributed by atoms with Crippen molar-refractivity contribution in [2.45, 2.75) is 56.7 Å². The van der Waals surface area contributed by atoms with Crippen molar-refractivity contribution in [2.24, 2.45) is 11.8 Å². The molecule has 5 rings (SSSR count). The lowest BCUT2D eigenvalue weighted by Gasteiger charge is -2.53.